The Kier molecular flexibility index (Phi) is 6.66. The normalized spacial score (nSPS) is 10.7. The molecule has 2 N–H and O–H groups in total. The molecule has 0 aliphatic heterocycles. The van der Waals surface area contributed by atoms with Crippen LogP contribution in [0.4, 0.5) is 5.69 Å². The molecule has 0 aliphatic rings. The van der Waals surface area contributed by atoms with E-state index in [0.29, 0.717) is 33.1 Å². The molecule has 0 atom stereocenters. The van der Waals surface area contributed by atoms with Gasteiger partial charge in [0.1, 0.15) is 0 Å². The molecule has 2 aromatic rings. The maximum Gasteiger partial charge on any atom is 0.252 e. The Morgan fingerprint density at radius 1 is 1.17 bits per heavy atom. The third-order valence-electron chi connectivity index (χ3n) is 3.13. The van der Waals surface area contributed by atoms with E-state index in [4.69, 9.17) is 23.2 Å². The van der Waals surface area contributed by atoms with Crippen molar-refractivity contribution in [2.45, 2.75) is 20.3 Å². The molecular weight excluding hydrogens is 367 g/mol. The zero-order valence-electron chi connectivity index (χ0n) is 13.4. The fraction of sp³-hybridized carbons (Fsp3) is 0.294. The van der Waals surface area contributed by atoms with Crippen molar-refractivity contribution in [3.63, 3.8) is 0 Å². The molecule has 7 heteroatoms. The molecule has 4 nitrogen and oxygen atoms in total. The second-order valence-corrected chi connectivity index (χ2v) is 7.94. The van der Waals surface area contributed by atoms with E-state index in [1.165, 1.54) is 11.3 Å². The van der Waals surface area contributed by atoms with Crippen molar-refractivity contribution in [3.05, 3.63) is 50.1 Å². The van der Waals surface area contributed by atoms with E-state index in [0.717, 1.165) is 4.88 Å². The van der Waals surface area contributed by atoms with Crippen LogP contribution in [0.1, 0.15) is 29.1 Å². The summed E-state index contributed by atoms with van der Waals surface area (Å²) in [6.45, 7) is 4.58. The first-order valence-corrected chi connectivity index (χ1v) is 9.04. The SMILES string of the molecule is CC(C)CNC(=O)c1cc(NC(=O)Cc2ccc(Cl)s2)ccc1Cl. The van der Waals surface area contributed by atoms with Crippen LogP contribution in [0.15, 0.2) is 30.3 Å². The van der Waals surface area contributed by atoms with Crippen LogP contribution in [0, 0.1) is 5.92 Å². The van der Waals surface area contributed by atoms with Crippen molar-refractivity contribution >= 4 is 52.0 Å². The monoisotopic (exact) mass is 384 g/mol. The first-order chi connectivity index (χ1) is 11.3. The Labute approximate surface area is 155 Å². The summed E-state index contributed by atoms with van der Waals surface area (Å²) < 4.78 is 0.647. The number of thiophene rings is 1. The fourth-order valence-electron chi connectivity index (χ4n) is 1.98. The Morgan fingerprint density at radius 2 is 1.92 bits per heavy atom. The first-order valence-electron chi connectivity index (χ1n) is 7.47. The lowest BCUT2D eigenvalue weighted by Crippen LogP contribution is -2.27. The number of hydrogen-bond acceptors (Lipinski definition) is 3. The van der Waals surface area contributed by atoms with Crippen LogP contribution in [-0.2, 0) is 11.2 Å². The topological polar surface area (TPSA) is 58.2 Å². The molecule has 24 heavy (non-hydrogen) atoms. The Hall–Kier alpha value is -1.56. The van der Waals surface area contributed by atoms with E-state index in [2.05, 4.69) is 10.6 Å². The van der Waals surface area contributed by atoms with E-state index in [9.17, 15) is 9.59 Å². The molecule has 128 valence electrons. The van der Waals surface area contributed by atoms with Crippen LogP contribution in [0.2, 0.25) is 9.36 Å². The molecule has 0 fully saturated rings. The van der Waals surface area contributed by atoms with E-state index in [-0.39, 0.29) is 18.2 Å². The number of carbonyl (C=O) groups is 2. The number of carbonyl (C=O) groups excluding carboxylic acids is 2. The third kappa shape index (κ3) is 5.51. The maximum atomic E-state index is 12.2. The van der Waals surface area contributed by atoms with Gasteiger partial charge in [0.25, 0.3) is 5.91 Å². The summed E-state index contributed by atoms with van der Waals surface area (Å²) in [5, 5.41) is 5.93. The average molecular weight is 385 g/mol. The number of anilines is 1. The molecule has 1 heterocycles. The van der Waals surface area contributed by atoms with Crippen LogP contribution in [0.5, 0.6) is 0 Å². The summed E-state index contributed by atoms with van der Waals surface area (Å²) in [6, 6.07) is 8.43. The minimum absolute atomic E-state index is 0.177. The number of nitrogens with one attached hydrogen (secondary N) is 2. The Balaban J connectivity index is 2.04. The van der Waals surface area contributed by atoms with Crippen molar-refractivity contribution in [1.82, 2.24) is 5.32 Å². The zero-order chi connectivity index (χ0) is 17.7. The van der Waals surface area contributed by atoms with Crippen molar-refractivity contribution in [2.75, 3.05) is 11.9 Å². The minimum atomic E-state index is -0.255. The van der Waals surface area contributed by atoms with Crippen LogP contribution in [0.25, 0.3) is 0 Å². The highest BCUT2D eigenvalue weighted by molar-refractivity contribution is 7.16. The first kappa shape index (κ1) is 18.8. The molecule has 2 rings (SSSR count). The highest BCUT2D eigenvalue weighted by atomic mass is 35.5. The minimum Gasteiger partial charge on any atom is -0.352 e. The van der Waals surface area contributed by atoms with Gasteiger partial charge in [-0.25, -0.2) is 0 Å². The van der Waals surface area contributed by atoms with Gasteiger partial charge in [0.15, 0.2) is 0 Å². The molecule has 0 unspecified atom stereocenters. The van der Waals surface area contributed by atoms with Crippen LogP contribution >= 0.6 is 34.5 Å². The molecular formula is C17H18Cl2N2O2S. The van der Waals surface area contributed by atoms with Crippen molar-refractivity contribution in [3.8, 4) is 0 Å². The van der Waals surface area contributed by atoms with Crippen LogP contribution in [-0.4, -0.2) is 18.4 Å². The Morgan fingerprint density at radius 3 is 2.54 bits per heavy atom. The molecule has 0 bridgehead atoms. The maximum absolute atomic E-state index is 12.2. The highest BCUT2D eigenvalue weighted by Gasteiger charge is 2.13. The predicted molar refractivity (Wildman–Crippen MR) is 100 cm³/mol. The lowest BCUT2D eigenvalue weighted by Gasteiger charge is -2.11. The molecule has 1 aromatic heterocycles. The summed E-state index contributed by atoms with van der Waals surface area (Å²) in [5.41, 5.74) is 0.871. The van der Waals surface area contributed by atoms with Crippen LogP contribution in [0.3, 0.4) is 0 Å². The number of rotatable bonds is 6. The van der Waals surface area contributed by atoms with E-state index in [1.807, 2.05) is 19.9 Å². The quantitative estimate of drug-likeness (QED) is 0.762. The highest BCUT2D eigenvalue weighted by Crippen LogP contribution is 2.23. The molecule has 0 radical (unpaired) electrons. The summed E-state index contributed by atoms with van der Waals surface area (Å²) in [6.07, 6.45) is 0.231. The largest absolute Gasteiger partial charge is 0.352 e. The third-order valence-corrected chi connectivity index (χ3v) is 4.69. The number of hydrogen-bond donors (Lipinski definition) is 2. The van der Waals surface area contributed by atoms with Crippen molar-refractivity contribution in [2.24, 2.45) is 5.92 Å². The molecule has 0 saturated heterocycles. The van der Waals surface area contributed by atoms with Gasteiger partial charge >= 0.3 is 0 Å². The molecule has 0 saturated carbocycles. The van der Waals surface area contributed by atoms with Crippen molar-refractivity contribution in [1.29, 1.82) is 0 Å². The van der Waals surface area contributed by atoms with E-state index >= 15 is 0 Å². The summed E-state index contributed by atoms with van der Waals surface area (Å²) >= 11 is 13.3. The van der Waals surface area contributed by atoms with Gasteiger partial charge < -0.3 is 10.6 Å². The lowest BCUT2D eigenvalue weighted by atomic mass is 10.1. The number of benzene rings is 1. The van der Waals surface area contributed by atoms with Gasteiger partial charge in [0, 0.05) is 17.1 Å². The summed E-state index contributed by atoms with van der Waals surface area (Å²) in [5.74, 6) is -0.0903. The van der Waals surface area contributed by atoms with Gasteiger partial charge in [0.05, 0.1) is 21.3 Å². The van der Waals surface area contributed by atoms with Crippen LogP contribution < -0.4 is 10.6 Å². The molecule has 0 spiro atoms. The number of amides is 2. The standard InChI is InChI=1S/C17H18Cl2N2O2S/c1-10(2)9-20-17(23)13-7-11(3-5-14(13)18)21-16(22)8-12-4-6-15(19)24-12/h3-7,10H,8-9H2,1-2H3,(H,20,23)(H,21,22). The number of halogens is 2. The molecule has 2 amide bonds. The summed E-state index contributed by atoms with van der Waals surface area (Å²) in [4.78, 5) is 25.1. The summed E-state index contributed by atoms with van der Waals surface area (Å²) in [7, 11) is 0. The predicted octanol–water partition coefficient (Wildman–Crippen LogP) is 4.62. The van der Waals surface area contributed by atoms with Gasteiger partial charge in [-0.3, -0.25) is 9.59 Å². The Bertz CT molecular complexity index is 744. The zero-order valence-corrected chi connectivity index (χ0v) is 15.7. The smallest absolute Gasteiger partial charge is 0.252 e. The fourth-order valence-corrected chi connectivity index (χ4v) is 3.27. The molecule has 1 aromatic carbocycles. The van der Waals surface area contributed by atoms with Gasteiger partial charge in [-0.2, -0.15) is 0 Å². The van der Waals surface area contributed by atoms with Gasteiger partial charge in [-0.05, 0) is 36.2 Å². The van der Waals surface area contributed by atoms with Gasteiger partial charge in [0.2, 0.25) is 5.91 Å². The lowest BCUT2D eigenvalue weighted by molar-refractivity contribution is -0.115. The van der Waals surface area contributed by atoms with Crippen molar-refractivity contribution < 1.29 is 9.59 Å². The molecule has 0 aliphatic carbocycles. The van der Waals surface area contributed by atoms with E-state index in [1.54, 1.807) is 24.3 Å². The van der Waals surface area contributed by atoms with Gasteiger partial charge in [-0.15, -0.1) is 11.3 Å². The van der Waals surface area contributed by atoms with E-state index < -0.39 is 0 Å². The average Bonchev–Trinajstić information content (AvgIpc) is 2.91. The van der Waals surface area contributed by atoms with Gasteiger partial charge in [-0.1, -0.05) is 37.0 Å². The second kappa shape index (κ2) is 8.51. The second-order valence-electron chi connectivity index (χ2n) is 5.73.